The van der Waals surface area contributed by atoms with Crippen LogP contribution in [-0.2, 0) is 0 Å². The summed E-state index contributed by atoms with van der Waals surface area (Å²) in [6, 6.07) is 0.612. The molecule has 4 heteroatoms. The van der Waals surface area contributed by atoms with Crippen LogP contribution in [0.5, 0.6) is 0 Å². The van der Waals surface area contributed by atoms with Crippen molar-refractivity contribution in [1.29, 1.82) is 0 Å². The minimum atomic E-state index is 0.612. The van der Waals surface area contributed by atoms with Crippen LogP contribution in [0, 0.1) is 11.8 Å². The average Bonchev–Trinajstić information content (AvgIpc) is 2.42. The standard InChI is InChI=1S/C10H15ClN2S/c1-6(2)7-3-8(4-7)12-9-5-14-10(11)13-9/h5-8,12H,3-4H2,1-2H3. The monoisotopic (exact) mass is 230 g/mol. The Morgan fingerprint density at radius 3 is 2.79 bits per heavy atom. The van der Waals surface area contributed by atoms with Crippen LogP contribution in [0.25, 0.3) is 0 Å². The highest BCUT2D eigenvalue weighted by Crippen LogP contribution is 2.35. The van der Waals surface area contributed by atoms with Gasteiger partial charge in [-0.25, -0.2) is 4.98 Å². The topological polar surface area (TPSA) is 24.9 Å². The molecule has 0 saturated heterocycles. The van der Waals surface area contributed by atoms with E-state index in [1.165, 1.54) is 24.2 Å². The molecule has 1 aliphatic carbocycles. The van der Waals surface area contributed by atoms with Crippen molar-refractivity contribution in [2.24, 2.45) is 11.8 Å². The van der Waals surface area contributed by atoms with Gasteiger partial charge in [-0.2, -0.15) is 0 Å². The lowest BCUT2D eigenvalue weighted by atomic mass is 9.74. The van der Waals surface area contributed by atoms with Crippen LogP contribution in [0.3, 0.4) is 0 Å². The molecular weight excluding hydrogens is 216 g/mol. The molecule has 0 bridgehead atoms. The molecule has 14 heavy (non-hydrogen) atoms. The zero-order chi connectivity index (χ0) is 10.1. The Labute approximate surface area is 93.7 Å². The van der Waals surface area contributed by atoms with E-state index in [2.05, 4.69) is 24.1 Å². The van der Waals surface area contributed by atoms with Crippen LogP contribution < -0.4 is 5.32 Å². The SMILES string of the molecule is CC(C)C1CC(Nc2csc(Cl)n2)C1. The van der Waals surface area contributed by atoms with Crippen molar-refractivity contribution in [3.05, 3.63) is 9.85 Å². The molecule has 2 rings (SSSR count). The Bertz CT molecular complexity index is 305. The lowest BCUT2D eigenvalue weighted by Gasteiger charge is -2.38. The zero-order valence-corrected chi connectivity index (χ0v) is 10.0. The fraction of sp³-hybridized carbons (Fsp3) is 0.700. The quantitative estimate of drug-likeness (QED) is 0.858. The van der Waals surface area contributed by atoms with Gasteiger partial charge in [0.25, 0.3) is 0 Å². The normalized spacial score (nSPS) is 26.3. The summed E-state index contributed by atoms with van der Waals surface area (Å²) in [5, 5.41) is 5.38. The smallest absolute Gasteiger partial charge is 0.185 e. The zero-order valence-electron chi connectivity index (χ0n) is 8.46. The van der Waals surface area contributed by atoms with E-state index in [1.807, 2.05) is 5.38 Å². The van der Waals surface area contributed by atoms with Crippen LogP contribution in [0.15, 0.2) is 5.38 Å². The van der Waals surface area contributed by atoms with E-state index in [0.717, 1.165) is 17.7 Å². The van der Waals surface area contributed by atoms with E-state index in [9.17, 15) is 0 Å². The number of aromatic nitrogens is 1. The van der Waals surface area contributed by atoms with Crippen molar-refractivity contribution >= 4 is 28.8 Å². The van der Waals surface area contributed by atoms with Crippen molar-refractivity contribution < 1.29 is 0 Å². The van der Waals surface area contributed by atoms with Gasteiger partial charge in [-0.05, 0) is 24.7 Å². The van der Waals surface area contributed by atoms with Gasteiger partial charge in [-0.1, -0.05) is 25.4 Å². The minimum Gasteiger partial charge on any atom is -0.367 e. The summed E-state index contributed by atoms with van der Waals surface area (Å²) in [6.07, 6.45) is 2.54. The molecule has 1 N–H and O–H groups in total. The molecule has 1 aromatic heterocycles. The molecule has 1 aliphatic rings. The number of nitrogens with one attached hydrogen (secondary N) is 1. The number of thiazole rings is 1. The number of hydrogen-bond donors (Lipinski definition) is 1. The number of anilines is 1. The van der Waals surface area contributed by atoms with Gasteiger partial charge in [-0.3, -0.25) is 0 Å². The predicted octanol–water partition coefficient (Wildman–Crippen LogP) is 3.64. The van der Waals surface area contributed by atoms with Crippen molar-refractivity contribution in [2.45, 2.75) is 32.7 Å². The molecular formula is C10H15ClN2S. The molecule has 1 aromatic rings. The van der Waals surface area contributed by atoms with Crippen molar-refractivity contribution in [1.82, 2.24) is 4.98 Å². The van der Waals surface area contributed by atoms with Gasteiger partial charge >= 0.3 is 0 Å². The second kappa shape index (κ2) is 4.07. The summed E-state index contributed by atoms with van der Waals surface area (Å²) < 4.78 is 0.618. The van der Waals surface area contributed by atoms with E-state index >= 15 is 0 Å². The molecule has 0 atom stereocenters. The Morgan fingerprint density at radius 2 is 2.29 bits per heavy atom. The summed E-state index contributed by atoms with van der Waals surface area (Å²) in [5.74, 6) is 2.64. The lowest BCUT2D eigenvalue weighted by molar-refractivity contribution is 0.211. The van der Waals surface area contributed by atoms with Crippen LogP contribution in [0.4, 0.5) is 5.82 Å². The van der Waals surface area contributed by atoms with Crippen LogP contribution >= 0.6 is 22.9 Å². The second-order valence-electron chi connectivity index (χ2n) is 4.30. The van der Waals surface area contributed by atoms with Crippen LogP contribution in [0.1, 0.15) is 26.7 Å². The Morgan fingerprint density at radius 1 is 1.57 bits per heavy atom. The third-order valence-corrected chi connectivity index (χ3v) is 3.92. The summed E-state index contributed by atoms with van der Waals surface area (Å²) >= 11 is 7.23. The molecule has 78 valence electrons. The highest BCUT2D eigenvalue weighted by Gasteiger charge is 2.31. The third-order valence-electron chi connectivity index (χ3n) is 2.95. The van der Waals surface area contributed by atoms with Gasteiger partial charge in [0.15, 0.2) is 4.47 Å². The molecule has 0 spiro atoms. The van der Waals surface area contributed by atoms with Gasteiger partial charge < -0.3 is 5.32 Å². The number of rotatable bonds is 3. The maximum absolute atomic E-state index is 5.75. The van der Waals surface area contributed by atoms with Gasteiger partial charge in [0, 0.05) is 11.4 Å². The van der Waals surface area contributed by atoms with Gasteiger partial charge in [0.05, 0.1) is 0 Å². The molecule has 2 nitrogen and oxygen atoms in total. The molecule has 1 fully saturated rings. The van der Waals surface area contributed by atoms with Crippen molar-refractivity contribution in [3.8, 4) is 0 Å². The van der Waals surface area contributed by atoms with E-state index in [1.54, 1.807) is 0 Å². The first-order valence-electron chi connectivity index (χ1n) is 5.02. The highest BCUT2D eigenvalue weighted by atomic mass is 35.5. The molecule has 0 aliphatic heterocycles. The first-order chi connectivity index (χ1) is 6.65. The first kappa shape index (κ1) is 10.2. The van der Waals surface area contributed by atoms with E-state index in [-0.39, 0.29) is 0 Å². The Hall–Kier alpha value is -0.280. The maximum atomic E-state index is 5.75. The molecule has 0 amide bonds. The number of nitrogens with zero attached hydrogens (tertiary/aromatic N) is 1. The molecule has 0 radical (unpaired) electrons. The Balaban J connectivity index is 1.79. The maximum Gasteiger partial charge on any atom is 0.185 e. The van der Waals surface area contributed by atoms with Crippen molar-refractivity contribution in [2.75, 3.05) is 5.32 Å². The van der Waals surface area contributed by atoms with Crippen LogP contribution in [0.2, 0.25) is 4.47 Å². The van der Waals surface area contributed by atoms with Gasteiger partial charge in [0.2, 0.25) is 0 Å². The highest BCUT2D eigenvalue weighted by molar-refractivity contribution is 7.14. The fourth-order valence-corrected chi connectivity index (χ4v) is 2.56. The largest absolute Gasteiger partial charge is 0.367 e. The third kappa shape index (κ3) is 2.20. The van der Waals surface area contributed by atoms with E-state index < -0.39 is 0 Å². The van der Waals surface area contributed by atoms with Crippen molar-refractivity contribution in [3.63, 3.8) is 0 Å². The summed E-state index contributed by atoms with van der Waals surface area (Å²) in [7, 11) is 0. The number of halogens is 1. The first-order valence-corrected chi connectivity index (χ1v) is 6.28. The lowest BCUT2D eigenvalue weighted by Crippen LogP contribution is -2.37. The molecule has 1 saturated carbocycles. The number of hydrogen-bond acceptors (Lipinski definition) is 3. The summed E-state index contributed by atoms with van der Waals surface area (Å²) in [6.45, 7) is 4.58. The van der Waals surface area contributed by atoms with Crippen LogP contribution in [-0.4, -0.2) is 11.0 Å². The molecule has 0 aromatic carbocycles. The summed E-state index contributed by atoms with van der Waals surface area (Å²) in [4.78, 5) is 4.18. The van der Waals surface area contributed by atoms with E-state index in [0.29, 0.717) is 10.5 Å². The molecule has 0 unspecified atom stereocenters. The average molecular weight is 231 g/mol. The summed E-state index contributed by atoms with van der Waals surface area (Å²) in [5.41, 5.74) is 0. The molecule has 1 heterocycles. The fourth-order valence-electron chi connectivity index (χ4n) is 1.85. The van der Waals surface area contributed by atoms with Gasteiger partial charge in [0.1, 0.15) is 5.82 Å². The second-order valence-corrected chi connectivity index (χ2v) is 5.74. The Kier molecular flexibility index (Phi) is 2.98. The minimum absolute atomic E-state index is 0.612. The predicted molar refractivity (Wildman–Crippen MR) is 62.1 cm³/mol. The van der Waals surface area contributed by atoms with Gasteiger partial charge in [-0.15, -0.1) is 11.3 Å². The van der Waals surface area contributed by atoms with E-state index in [4.69, 9.17) is 11.6 Å².